The second-order valence-electron chi connectivity index (χ2n) is 3.07. The van der Waals surface area contributed by atoms with Gasteiger partial charge in [0.1, 0.15) is 6.54 Å². The maximum atomic E-state index is 11.9. The minimum atomic E-state index is -1.06. The van der Waals surface area contributed by atoms with E-state index in [9.17, 15) is 9.59 Å². The van der Waals surface area contributed by atoms with Crippen LogP contribution in [0.5, 0.6) is 0 Å². The normalized spacial score (nSPS) is 9.88. The van der Waals surface area contributed by atoms with Crippen LogP contribution in [0.15, 0.2) is 18.5 Å². The van der Waals surface area contributed by atoms with E-state index in [2.05, 4.69) is 4.98 Å². The lowest BCUT2D eigenvalue weighted by atomic mass is 10.2. The first-order valence-electron chi connectivity index (χ1n) is 4.66. The van der Waals surface area contributed by atoms with Gasteiger partial charge in [0, 0.05) is 18.9 Å². The van der Waals surface area contributed by atoms with Crippen molar-refractivity contribution in [2.45, 2.75) is 6.92 Å². The Bertz CT molecular complexity index is 409. The van der Waals surface area contributed by atoms with Crippen molar-refractivity contribution in [1.82, 2.24) is 9.88 Å². The van der Waals surface area contributed by atoms with Gasteiger partial charge in [-0.3, -0.25) is 14.6 Å². The number of nitrogens with zero attached hydrogens (tertiary/aromatic N) is 2. The largest absolute Gasteiger partial charge is 0.480 e. The van der Waals surface area contributed by atoms with Crippen LogP contribution in [-0.4, -0.2) is 40.0 Å². The molecule has 0 aromatic carbocycles. The molecular formula is C10H11ClN2O3. The highest BCUT2D eigenvalue weighted by Crippen LogP contribution is 2.15. The minimum absolute atomic E-state index is 0.219. The summed E-state index contributed by atoms with van der Waals surface area (Å²) in [7, 11) is 0. The highest BCUT2D eigenvalue weighted by atomic mass is 35.5. The highest BCUT2D eigenvalue weighted by Gasteiger charge is 2.18. The number of hydrogen-bond donors (Lipinski definition) is 1. The third-order valence-corrected chi connectivity index (χ3v) is 2.30. The summed E-state index contributed by atoms with van der Waals surface area (Å²) in [6, 6.07) is 1.47. The molecular weight excluding hydrogens is 232 g/mol. The maximum Gasteiger partial charge on any atom is 0.323 e. The van der Waals surface area contributed by atoms with Crippen LogP contribution in [0.1, 0.15) is 17.3 Å². The number of carboxylic acid groups (broad SMARTS) is 1. The number of hydrogen-bond acceptors (Lipinski definition) is 3. The molecule has 0 saturated heterocycles. The van der Waals surface area contributed by atoms with Crippen LogP contribution in [0.4, 0.5) is 0 Å². The molecule has 0 aliphatic carbocycles. The predicted molar refractivity (Wildman–Crippen MR) is 58.5 cm³/mol. The number of carboxylic acids is 1. The quantitative estimate of drug-likeness (QED) is 0.864. The molecule has 1 amide bonds. The van der Waals surface area contributed by atoms with Gasteiger partial charge in [-0.15, -0.1) is 0 Å². The van der Waals surface area contributed by atoms with E-state index in [4.69, 9.17) is 16.7 Å². The Labute approximate surface area is 97.7 Å². The second-order valence-corrected chi connectivity index (χ2v) is 3.48. The van der Waals surface area contributed by atoms with Crippen LogP contribution >= 0.6 is 11.6 Å². The average Bonchev–Trinajstić information content (AvgIpc) is 2.25. The van der Waals surface area contributed by atoms with Crippen molar-refractivity contribution in [2.24, 2.45) is 0 Å². The summed E-state index contributed by atoms with van der Waals surface area (Å²) in [6.45, 7) is 1.67. The van der Waals surface area contributed by atoms with E-state index < -0.39 is 11.9 Å². The lowest BCUT2D eigenvalue weighted by Crippen LogP contribution is -2.35. The molecule has 6 heteroatoms. The topological polar surface area (TPSA) is 70.5 Å². The third kappa shape index (κ3) is 2.93. The van der Waals surface area contributed by atoms with Crippen molar-refractivity contribution in [1.29, 1.82) is 0 Å². The van der Waals surface area contributed by atoms with Gasteiger partial charge in [0.2, 0.25) is 0 Å². The van der Waals surface area contributed by atoms with E-state index in [1.54, 1.807) is 6.92 Å². The third-order valence-electron chi connectivity index (χ3n) is 2.00. The summed E-state index contributed by atoms with van der Waals surface area (Å²) in [4.78, 5) is 27.4. The van der Waals surface area contributed by atoms with Crippen LogP contribution in [0.25, 0.3) is 0 Å². The van der Waals surface area contributed by atoms with Gasteiger partial charge < -0.3 is 10.0 Å². The van der Waals surface area contributed by atoms with E-state index in [0.29, 0.717) is 6.54 Å². The Morgan fingerprint density at radius 2 is 2.25 bits per heavy atom. The molecule has 1 aromatic heterocycles. The van der Waals surface area contributed by atoms with Crippen LogP contribution in [-0.2, 0) is 4.79 Å². The van der Waals surface area contributed by atoms with Crippen molar-refractivity contribution in [2.75, 3.05) is 13.1 Å². The Kier molecular flexibility index (Phi) is 4.25. The molecule has 0 radical (unpaired) electrons. The van der Waals surface area contributed by atoms with E-state index in [1.807, 2.05) is 0 Å². The first kappa shape index (κ1) is 12.4. The number of halogens is 1. The standard InChI is InChI=1S/C10H11ClN2O3/c1-2-13(6-9(14)15)10(16)7-3-4-12-5-8(7)11/h3-5H,2,6H2,1H3,(H,14,15). The molecule has 86 valence electrons. The Morgan fingerprint density at radius 1 is 1.56 bits per heavy atom. The molecule has 0 bridgehead atoms. The molecule has 1 rings (SSSR count). The van der Waals surface area contributed by atoms with Crippen molar-refractivity contribution in [3.8, 4) is 0 Å². The molecule has 0 aliphatic rings. The van der Waals surface area contributed by atoms with Crippen molar-refractivity contribution in [3.63, 3.8) is 0 Å². The monoisotopic (exact) mass is 242 g/mol. The molecule has 0 atom stereocenters. The molecule has 1 heterocycles. The first-order chi connectivity index (χ1) is 7.56. The van der Waals surface area contributed by atoms with Crippen LogP contribution in [0.2, 0.25) is 5.02 Å². The molecule has 16 heavy (non-hydrogen) atoms. The van der Waals surface area contributed by atoms with Crippen LogP contribution in [0, 0.1) is 0 Å². The van der Waals surface area contributed by atoms with Gasteiger partial charge in [-0.2, -0.15) is 0 Å². The lowest BCUT2D eigenvalue weighted by Gasteiger charge is -2.18. The first-order valence-corrected chi connectivity index (χ1v) is 5.04. The number of carbonyl (C=O) groups excluding carboxylic acids is 1. The van der Waals surface area contributed by atoms with E-state index in [-0.39, 0.29) is 17.1 Å². The Balaban J connectivity index is 2.91. The number of pyridine rings is 1. The van der Waals surface area contributed by atoms with Gasteiger partial charge in [-0.05, 0) is 13.0 Å². The minimum Gasteiger partial charge on any atom is -0.480 e. The van der Waals surface area contributed by atoms with Gasteiger partial charge >= 0.3 is 5.97 Å². The fraction of sp³-hybridized carbons (Fsp3) is 0.300. The smallest absolute Gasteiger partial charge is 0.323 e. The number of aliphatic carboxylic acids is 1. The zero-order valence-corrected chi connectivity index (χ0v) is 9.44. The molecule has 1 aromatic rings. The fourth-order valence-corrected chi connectivity index (χ4v) is 1.41. The Hall–Kier alpha value is -1.62. The second kappa shape index (κ2) is 5.46. The molecule has 0 fully saturated rings. The molecule has 0 saturated carbocycles. The van der Waals surface area contributed by atoms with Crippen LogP contribution < -0.4 is 0 Å². The summed E-state index contributed by atoms with van der Waals surface area (Å²) in [5.74, 6) is -1.46. The zero-order chi connectivity index (χ0) is 12.1. The van der Waals surface area contributed by atoms with Crippen LogP contribution in [0.3, 0.4) is 0 Å². The van der Waals surface area contributed by atoms with E-state index >= 15 is 0 Å². The number of carbonyl (C=O) groups is 2. The predicted octanol–water partition coefficient (Wildman–Crippen LogP) is 1.28. The van der Waals surface area contributed by atoms with Crippen molar-refractivity contribution < 1.29 is 14.7 Å². The number of amides is 1. The van der Waals surface area contributed by atoms with Crippen molar-refractivity contribution >= 4 is 23.5 Å². The lowest BCUT2D eigenvalue weighted by molar-refractivity contribution is -0.137. The van der Waals surface area contributed by atoms with Crippen molar-refractivity contribution in [3.05, 3.63) is 29.0 Å². The number of aromatic nitrogens is 1. The molecule has 0 unspecified atom stereocenters. The SMILES string of the molecule is CCN(CC(=O)O)C(=O)c1ccncc1Cl. The number of likely N-dealkylation sites (N-methyl/N-ethyl adjacent to an activating group) is 1. The molecule has 5 nitrogen and oxygen atoms in total. The summed E-state index contributed by atoms with van der Waals surface area (Å²) in [5, 5.41) is 8.86. The van der Waals surface area contributed by atoms with Gasteiger partial charge in [0.15, 0.2) is 0 Å². The molecule has 1 N–H and O–H groups in total. The molecule has 0 aliphatic heterocycles. The van der Waals surface area contributed by atoms with E-state index in [1.165, 1.54) is 23.4 Å². The summed E-state index contributed by atoms with van der Waals surface area (Å²) < 4.78 is 0. The Morgan fingerprint density at radius 3 is 2.75 bits per heavy atom. The highest BCUT2D eigenvalue weighted by molar-refractivity contribution is 6.33. The van der Waals surface area contributed by atoms with Gasteiger partial charge in [0.05, 0.1) is 10.6 Å². The summed E-state index contributed by atoms with van der Waals surface area (Å²) in [5.41, 5.74) is 0.264. The van der Waals surface area contributed by atoms with Gasteiger partial charge in [-0.25, -0.2) is 0 Å². The van der Waals surface area contributed by atoms with E-state index in [0.717, 1.165) is 0 Å². The fourth-order valence-electron chi connectivity index (χ4n) is 1.21. The summed E-state index contributed by atoms with van der Waals surface area (Å²) in [6.07, 6.45) is 2.79. The summed E-state index contributed by atoms with van der Waals surface area (Å²) >= 11 is 5.80. The zero-order valence-electron chi connectivity index (χ0n) is 8.68. The van der Waals surface area contributed by atoms with Gasteiger partial charge in [-0.1, -0.05) is 11.6 Å². The van der Waals surface area contributed by atoms with Gasteiger partial charge in [0.25, 0.3) is 5.91 Å². The number of rotatable bonds is 4. The molecule has 0 spiro atoms. The maximum absolute atomic E-state index is 11.9. The average molecular weight is 243 g/mol.